The number of benzene rings is 3. The molecule has 6 heteroatoms. The van der Waals surface area contributed by atoms with Crippen molar-refractivity contribution in [3.8, 4) is 16.9 Å². The lowest BCUT2D eigenvalue weighted by molar-refractivity contribution is -0.141. The van der Waals surface area contributed by atoms with E-state index >= 15 is 0 Å². The molecule has 158 valence electrons. The molecule has 1 amide bonds. The van der Waals surface area contributed by atoms with Gasteiger partial charge in [0.25, 0.3) is 5.91 Å². The lowest BCUT2D eigenvalue weighted by Gasteiger charge is -2.29. The molecule has 2 atom stereocenters. The van der Waals surface area contributed by atoms with Crippen molar-refractivity contribution in [2.75, 3.05) is 7.11 Å². The first kappa shape index (κ1) is 20.9. The molecule has 3 aromatic rings. The predicted octanol–water partition coefficient (Wildman–Crippen LogP) is 5.45. The highest BCUT2D eigenvalue weighted by molar-refractivity contribution is 6.31. The van der Waals surface area contributed by atoms with Crippen molar-refractivity contribution < 1.29 is 19.4 Å². The second-order valence-electron chi connectivity index (χ2n) is 7.49. The summed E-state index contributed by atoms with van der Waals surface area (Å²) in [5.41, 5.74) is 2.97. The van der Waals surface area contributed by atoms with Crippen molar-refractivity contribution in [2.45, 2.75) is 24.9 Å². The molecule has 1 unspecified atom stereocenters. The zero-order valence-corrected chi connectivity index (χ0v) is 17.8. The maximum absolute atomic E-state index is 13.6. The van der Waals surface area contributed by atoms with Crippen LogP contribution in [-0.2, 0) is 4.79 Å². The standard InChI is InChI=1S/C25H22ClNO4/c1-31-19-9-5-7-17(15-19)16-6-4-8-18(14-16)24(28)27-22(12-13-23(27)25(29)30)20-10-2-3-11-21(20)26/h2-11,14-15,22-23H,12-13H2,1H3,(H,29,30)/t22?,23-/m0/s1. The van der Waals surface area contributed by atoms with Gasteiger partial charge in [-0.2, -0.15) is 0 Å². The first-order valence-corrected chi connectivity index (χ1v) is 10.4. The molecular formula is C25H22ClNO4. The van der Waals surface area contributed by atoms with Crippen molar-refractivity contribution >= 4 is 23.5 Å². The van der Waals surface area contributed by atoms with E-state index in [1.54, 1.807) is 31.4 Å². The third-order valence-electron chi connectivity index (χ3n) is 5.68. The maximum atomic E-state index is 13.6. The Labute approximate surface area is 185 Å². The number of ether oxygens (including phenoxy) is 1. The summed E-state index contributed by atoms with van der Waals surface area (Å²) in [7, 11) is 1.60. The van der Waals surface area contributed by atoms with Gasteiger partial charge in [0, 0.05) is 10.6 Å². The summed E-state index contributed by atoms with van der Waals surface area (Å²) >= 11 is 6.38. The molecule has 3 aromatic carbocycles. The number of likely N-dealkylation sites (tertiary alicyclic amines) is 1. The highest BCUT2D eigenvalue weighted by atomic mass is 35.5. The molecular weight excluding hydrogens is 414 g/mol. The van der Waals surface area contributed by atoms with E-state index in [0.717, 1.165) is 22.4 Å². The number of nitrogens with zero attached hydrogens (tertiary/aromatic N) is 1. The summed E-state index contributed by atoms with van der Waals surface area (Å²) in [5.74, 6) is -0.607. The van der Waals surface area contributed by atoms with Crippen LogP contribution in [0.5, 0.6) is 5.75 Å². The maximum Gasteiger partial charge on any atom is 0.326 e. The fraction of sp³-hybridized carbons (Fsp3) is 0.200. The number of carboxylic acids is 1. The molecule has 1 aliphatic heterocycles. The summed E-state index contributed by atoms with van der Waals surface area (Å²) in [5, 5.41) is 10.3. The Hall–Kier alpha value is -3.31. The Morgan fingerprint density at radius 1 is 0.968 bits per heavy atom. The Morgan fingerprint density at radius 2 is 1.68 bits per heavy atom. The van der Waals surface area contributed by atoms with E-state index in [-0.39, 0.29) is 11.9 Å². The Kier molecular flexibility index (Phi) is 5.96. The van der Waals surface area contributed by atoms with Crippen LogP contribution in [0.3, 0.4) is 0 Å². The molecule has 0 aliphatic carbocycles. The van der Waals surface area contributed by atoms with Gasteiger partial charge in [0.05, 0.1) is 13.2 Å². The van der Waals surface area contributed by atoms with Gasteiger partial charge in [0.15, 0.2) is 0 Å². The second-order valence-corrected chi connectivity index (χ2v) is 7.90. The quantitative estimate of drug-likeness (QED) is 0.579. The molecule has 0 aromatic heterocycles. The fourth-order valence-electron chi connectivity index (χ4n) is 4.17. The van der Waals surface area contributed by atoms with Crippen molar-refractivity contribution in [1.82, 2.24) is 4.90 Å². The lowest BCUT2D eigenvalue weighted by atomic mass is 10.0. The van der Waals surface area contributed by atoms with Gasteiger partial charge < -0.3 is 14.7 Å². The number of hydrogen-bond acceptors (Lipinski definition) is 3. The second kappa shape index (κ2) is 8.82. The van der Waals surface area contributed by atoms with Crippen LogP contribution in [0.15, 0.2) is 72.8 Å². The largest absolute Gasteiger partial charge is 0.497 e. The first-order chi connectivity index (χ1) is 15.0. The molecule has 0 spiro atoms. The summed E-state index contributed by atoms with van der Waals surface area (Å²) < 4.78 is 5.30. The number of halogens is 1. The van der Waals surface area contributed by atoms with Crippen LogP contribution in [0.2, 0.25) is 5.02 Å². The van der Waals surface area contributed by atoms with Crippen molar-refractivity contribution in [3.05, 3.63) is 88.9 Å². The lowest BCUT2D eigenvalue weighted by Crippen LogP contribution is -2.41. The van der Waals surface area contributed by atoms with Crippen LogP contribution < -0.4 is 4.74 Å². The van der Waals surface area contributed by atoms with E-state index in [2.05, 4.69) is 0 Å². The number of aliphatic carboxylic acids is 1. The molecule has 4 rings (SSSR count). The third-order valence-corrected chi connectivity index (χ3v) is 6.03. The number of carbonyl (C=O) groups excluding carboxylic acids is 1. The number of methoxy groups -OCH3 is 1. The Morgan fingerprint density at radius 3 is 2.39 bits per heavy atom. The summed E-state index contributed by atoms with van der Waals surface area (Å²) in [6.45, 7) is 0. The minimum absolute atomic E-state index is 0.320. The minimum Gasteiger partial charge on any atom is -0.497 e. The van der Waals surface area contributed by atoms with Gasteiger partial charge in [-0.15, -0.1) is 0 Å². The van der Waals surface area contributed by atoms with Gasteiger partial charge in [0.1, 0.15) is 11.8 Å². The number of hydrogen-bond donors (Lipinski definition) is 1. The van der Waals surface area contributed by atoms with E-state index in [1.807, 2.05) is 48.5 Å². The molecule has 1 saturated heterocycles. The minimum atomic E-state index is -1.01. The molecule has 0 saturated carbocycles. The number of rotatable bonds is 5. The number of amides is 1. The van der Waals surface area contributed by atoms with Crippen LogP contribution in [0, 0.1) is 0 Å². The van der Waals surface area contributed by atoms with E-state index in [0.29, 0.717) is 23.4 Å². The number of carbonyl (C=O) groups is 2. The molecule has 5 nitrogen and oxygen atoms in total. The average molecular weight is 436 g/mol. The molecule has 1 heterocycles. The summed E-state index contributed by atoms with van der Waals surface area (Å²) in [6.07, 6.45) is 0.925. The predicted molar refractivity (Wildman–Crippen MR) is 119 cm³/mol. The van der Waals surface area contributed by atoms with Gasteiger partial charge in [0.2, 0.25) is 0 Å². The first-order valence-electron chi connectivity index (χ1n) is 10.0. The van der Waals surface area contributed by atoms with Gasteiger partial charge in [-0.3, -0.25) is 4.79 Å². The van der Waals surface area contributed by atoms with Crippen molar-refractivity contribution in [3.63, 3.8) is 0 Å². The Bertz CT molecular complexity index is 1130. The average Bonchev–Trinajstić information content (AvgIpc) is 3.24. The monoisotopic (exact) mass is 435 g/mol. The SMILES string of the molecule is COc1cccc(-c2cccc(C(=O)N3C(c4ccccc4Cl)CC[C@H]3C(=O)O)c2)c1. The van der Waals surface area contributed by atoms with E-state index < -0.39 is 12.0 Å². The van der Waals surface area contributed by atoms with E-state index in [1.165, 1.54) is 4.90 Å². The molecule has 31 heavy (non-hydrogen) atoms. The van der Waals surface area contributed by atoms with Crippen LogP contribution in [0.25, 0.3) is 11.1 Å². The van der Waals surface area contributed by atoms with Crippen molar-refractivity contribution in [2.24, 2.45) is 0 Å². The van der Waals surface area contributed by atoms with Gasteiger partial charge in [-0.25, -0.2) is 4.79 Å². The molecule has 1 aliphatic rings. The molecule has 1 N–H and O–H groups in total. The van der Waals surface area contributed by atoms with Crippen LogP contribution in [0.4, 0.5) is 0 Å². The number of carboxylic acid groups (broad SMARTS) is 1. The molecule has 1 fully saturated rings. The highest BCUT2D eigenvalue weighted by Crippen LogP contribution is 2.40. The van der Waals surface area contributed by atoms with E-state index in [4.69, 9.17) is 16.3 Å². The van der Waals surface area contributed by atoms with E-state index in [9.17, 15) is 14.7 Å². The topological polar surface area (TPSA) is 66.8 Å². The third kappa shape index (κ3) is 4.14. The van der Waals surface area contributed by atoms with Gasteiger partial charge in [-0.1, -0.05) is 54.1 Å². The van der Waals surface area contributed by atoms with Crippen LogP contribution >= 0.6 is 11.6 Å². The summed E-state index contributed by atoms with van der Waals surface area (Å²) in [6, 6.07) is 20.8. The van der Waals surface area contributed by atoms with Gasteiger partial charge in [-0.05, 0) is 59.9 Å². The fourth-order valence-corrected chi connectivity index (χ4v) is 4.43. The Balaban J connectivity index is 1.72. The van der Waals surface area contributed by atoms with Gasteiger partial charge >= 0.3 is 5.97 Å². The highest BCUT2D eigenvalue weighted by Gasteiger charge is 2.42. The zero-order valence-electron chi connectivity index (χ0n) is 17.0. The smallest absolute Gasteiger partial charge is 0.326 e. The van der Waals surface area contributed by atoms with Crippen molar-refractivity contribution in [1.29, 1.82) is 0 Å². The molecule has 0 bridgehead atoms. The normalized spacial score (nSPS) is 18.1. The van der Waals surface area contributed by atoms with Crippen LogP contribution in [-0.4, -0.2) is 35.0 Å². The summed E-state index contributed by atoms with van der Waals surface area (Å²) in [4.78, 5) is 27.0. The zero-order chi connectivity index (χ0) is 22.0. The van der Waals surface area contributed by atoms with Crippen LogP contribution in [0.1, 0.15) is 34.8 Å². The molecule has 0 radical (unpaired) electrons.